The highest BCUT2D eigenvalue weighted by atomic mass is 16.5. The zero-order valence-electron chi connectivity index (χ0n) is 11.3. The van der Waals surface area contributed by atoms with Gasteiger partial charge in [0.05, 0.1) is 13.2 Å². The summed E-state index contributed by atoms with van der Waals surface area (Å²) in [4.78, 5) is 25.0. The first-order chi connectivity index (χ1) is 9.10. The molecule has 0 fully saturated rings. The zero-order chi connectivity index (χ0) is 14.3. The number of amides is 1. The van der Waals surface area contributed by atoms with Crippen LogP contribution < -0.4 is 26.2 Å². The van der Waals surface area contributed by atoms with Gasteiger partial charge in [-0.25, -0.2) is 5.84 Å². The lowest BCUT2D eigenvalue weighted by molar-refractivity contribution is -0.119. The van der Waals surface area contributed by atoms with Crippen molar-refractivity contribution in [2.45, 2.75) is 13.3 Å². The van der Waals surface area contributed by atoms with Gasteiger partial charge in [-0.2, -0.15) is 15.0 Å². The summed E-state index contributed by atoms with van der Waals surface area (Å²) in [6, 6.07) is 0.170. The third-order valence-corrected chi connectivity index (χ3v) is 2.17. The van der Waals surface area contributed by atoms with Crippen molar-refractivity contribution in [1.82, 2.24) is 20.3 Å². The lowest BCUT2D eigenvalue weighted by atomic mass is 10.5. The Hall–Kier alpha value is -2.16. The summed E-state index contributed by atoms with van der Waals surface area (Å²) in [6.07, 6.45) is 0.834. The number of aromatic nitrogens is 3. The first-order valence-electron chi connectivity index (χ1n) is 5.87. The molecule has 1 amide bonds. The average molecular weight is 269 g/mol. The van der Waals surface area contributed by atoms with Gasteiger partial charge in [-0.15, -0.1) is 0 Å². The Morgan fingerprint density at radius 3 is 2.74 bits per heavy atom. The SMILES string of the molecule is CCCOc1nc(NN)nc(N(C)CC(=O)NC)n1. The molecule has 0 saturated carbocycles. The Kier molecular flexibility index (Phi) is 5.73. The molecule has 0 aromatic carbocycles. The minimum atomic E-state index is -0.152. The summed E-state index contributed by atoms with van der Waals surface area (Å²) in [5, 5.41) is 2.52. The van der Waals surface area contributed by atoms with Gasteiger partial charge in [0.25, 0.3) is 0 Å². The molecule has 0 bridgehead atoms. The Morgan fingerprint density at radius 1 is 1.42 bits per heavy atom. The summed E-state index contributed by atoms with van der Waals surface area (Å²) < 4.78 is 5.33. The van der Waals surface area contributed by atoms with Crippen LogP contribution in [0.15, 0.2) is 0 Å². The van der Waals surface area contributed by atoms with Gasteiger partial charge < -0.3 is 15.0 Å². The number of ether oxygens (including phenoxy) is 1. The molecular formula is C10H19N7O2. The molecule has 0 saturated heterocycles. The maximum Gasteiger partial charge on any atom is 0.323 e. The van der Waals surface area contributed by atoms with Gasteiger partial charge >= 0.3 is 6.01 Å². The predicted octanol–water partition coefficient (Wildman–Crippen LogP) is -0.872. The Labute approximate surface area is 111 Å². The van der Waals surface area contributed by atoms with Crippen molar-refractivity contribution >= 4 is 17.8 Å². The molecule has 9 nitrogen and oxygen atoms in total. The minimum Gasteiger partial charge on any atom is -0.463 e. The molecule has 106 valence electrons. The topological polar surface area (TPSA) is 118 Å². The number of nitrogens with one attached hydrogen (secondary N) is 2. The quantitative estimate of drug-likeness (QED) is 0.432. The van der Waals surface area contributed by atoms with Gasteiger partial charge in [0.2, 0.25) is 17.8 Å². The van der Waals surface area contributed by atoms with Crippen LogP contribution in [0.5, 0.6) is 6.01 Å². The van der Waals surface area contributed by atoms with E-state index in [9.17, 15) is 4.79 Å². The number of nitrogen functional groups attached to an aromatic ring is 1. The van der Waals surface area contributed by atoms with Crippen LogP contribution in [0.1, 0.15) is 13.3 Å². The van der Waals surface area contributed by atoms with Crippen LogP contribution in [0.3, 0.4) is 0 Å². The smallest absolute Gasteiger partial charge is 0.323 e. The van der Waals surface area contributed by atoms with Gasteiger partial charge in [-0.1, -0.05) is 6.92 Å². The first kappa shape index (κ1) is 14.9. The minimum absolute atomic E-state index is 0.123. The number of rotatable bonds is 7. The van der Waals surface area contributed by atoms with Crippen molar-refractivity contribution in [1.29, 1.82) is 0 Å². The van der Waals surface area contributed by atoms with Crippen molar-refractivity contribution in [3.05, 3.63) is 0 Å². The zero-order valence-corrected chi connectivity index (χ0v) is 11.3. The van der Waals surface area contributed by atoms with E-state index in [-0.39, 0.29) is 24.4 Å². The lowest BCUT2D eigenvalue weighted by Gasteiger charge is -2.16. The van der Waals surface area contributed by atoms with E-state index in [1.165, 1.54) is 0 Å². The van der Waals surface area contributed by atoms with Gasteiger partial charge in [0, 0.05) is 14.1 Å². The molecule has 1 aromatic rings. The molecule has 1 heterocycles. The van der Waals surface area contributed by atoms with Crippen molar-refractivity contribution in [3.8, 4) is 6.01 Å². The van der Waals surface area contributed by atoms with Crippen LogP contribution in [0, 0.1) is 0 Å². The van der Waals surface area contributed by atoms with Crippen LogP contribution in [-0.2, 0) is 4.79 Å². The third kappa shape index (κ3) is 4.54. The fourth-order valence-corrected chi connectivity index (χ4v) is 1.20. The van der Waals surface area contributed by atoms with Crippen molar-refractivity contribution in [2.24, 2.45) is 5.84 Å². The molecule has 0 unspecified atom stereocenters. The Balaban J connectivity index is 2.88. The number of carbonyl (C=O) groups excluding carboxylic acids is 1. The van der Waals surface area contributed by atoms with Crippen molar-refractivity contribution in [2.75, 3.05) is 37.6 Å². The van der Waals surface area contributed by atoms with E-state index in [0.717, 1.165) is 6.42 Å². The molecule has 19 heavy (non-hydrogen) atoms. The Bertz CT molecular complexity index is 426. The summed E-state index contributed by atoms with van der Waals surface area (Å²) in [7, 11) is 3.25. The summed E-state index contributed by atoms with van der Waals surface area (Å²) in [6.45, 7) is 2.59. The molecule has 0 aliphatic carbocycles. The van der Waals surface area contributed by atoms with Crippen LogP contribution in [-0.4, -0.2) is 48.1 Å². The number of likely N-dealkylation sites (N-methyl/N-ethyl adjacent to an activating group) is 2. The van der Waals surface area contributed by atoms with Gasteiger partial charge in [-0.05, 0) is 6.42 Å². The summed E-state index contributed by atoms with van der Waals surface area (Å²) >= 11 is 0. The van der Waals surface area contributed by atoms with Crippen molar-refractivity contribution in [3.63, 3.8) is 0 Å². The molecule has 0 radical (unpaired) electrons. The second-order valence-electron chi connectivity index (χ2n) is 3.76. The van der Waals surface area contributed by atoms with Gasteiger partial charge in [0.15, 0.2) is 0 Å². The van der Waals surface area contributed by atoms with Gasteiger partial charge in [0.1, 0.15) is 0 Å². The maximum absolute atomic E-state index is 11.3. The van der Waals surface area contributed by atoms with Crippen LogP contribution >= 0.6 is 0 Å². The maximum atomic E-state index is 11.3. The van der Waals surface area contributed by atoms with E-state index in [0.29, 0.717) is 12.6 Å². The van der Waals surface area contributed by atoms with E-state index in [4.69, 9.17) is 10.6 Å². The monoisotopic (exact) mass is 269 g/mol. The predicted molar refractivity (Wildman–Crippen MR) is 70.8 cm³/mol. The molecule has 1 aromatic heterocycles. The molecule has 0 aliphatic heterocycles. The molecule has 9 heteroatoms. The molecular weight excluding hydrogens is 250 g/mol. The highest BCUT2D eigenvalue weighted by Crippen LogP contribution is 2.13. The Morgan fingerprint density at radius 2 is 2.16 bits per heavy atom. The number of hydrazine groups is 1. The molecule has 1 rings (SSSR count). The molecule has 4 N–H and O–H groups in total. The third-order valence-electron chi connectivity index (χ3n) is 2.17. The number of anilines is 2. The lowest BCUT2D eigenvalue weighted by Crippen LogP contribution is -2.34. The van der Waals surface area contributed by atoms with Crippen LogP contribution in [0.4, 0.5) is 11.9 Å². The number of hydrogen-bond donors (Lipinski definition) is 3. The van der Waals surface area contributed by atoms with Crippen LogP contribution in [0.2, 0.25) is 0 Å². The van der Waals surface area contributed by atoms with E-state index in [2.05, 4.69) is 25.7 Å². The highest BCUT2D eigenvalue weighted by Gasteiger charge is 2.13. The molecule has 0 spiro atoms. The number of nitrogens with two attached hydrogens (primary N) is 1. The number of carbonyl (C=O) groups is 1. The van der Waals surface area contributed by atoms with E-state index in [1.807, 2.05) is 6.92 Å². The normalized spacial score (nSPS) is 9.89. The second kappa shape index (κ2) is 7.31. The van der Waals surface area contributed by atoms with E-state index >= 15 is 0 Å². The summed E-state index contributed by atoms with van der Waals surface area (Å²) in [5.41, 5.74) is 2.34. The molecule has 0 aliphatic rings. The van der Waals surface area contributed by atoms with E-state index < -0.39 is 0 Å². The standard InChI is InChI=1S/C10H19N7O2/c1-4-5-19-10-14-8(16-11)13-9(15-10)17(3)6-7(18)12-2/h4-6,11H2,1-3H3,(H,12,18)(H,13,14,15,16). The largest absolute Gasteiger partial charge is 0.463 e. The molecule has 0 atom stereocenters. The fraction of sp³-hybridized carbons (Fsp3) is 0.600. The number of hydrogen-bond acceptors (Lipinski definition) is 8. The first-order valence-corrected chi connectivity index (χ1v) is 5.87. The average Bonchev–Trinajstić information content (AvgIpc) is 2.44. The highest BCUT2D eigenvalue weighted by molar-refractivity contribution is 5.80. The van der Waals surface area contributed by atoms with E-state index in [1.54, 1.807) is 19.0 Å². The second-order valence-corrected chi connectivity index (χ2v) is 3.76. The fourth-order valence-electron chi connectivity index (χ4n) is 1.20. The summed E-state index contributed by atoms with van der Waals surface area (Å²) in [5.74, 6) is 5.62. The van der Waals surface area contributed by atoms with Gasteiger partial charge in [-0.3, -0.25) is 10.2 Å². The van der Waals surface area contributed by atoms with Crippen LogP contribution in [0.25, 0.3) is 0 Å². The van der Waals surface area contributed by atoms with Crippen molar-refractivity contribution < 1.29 is 9.53 Å². The number of nitrogens with zero attached hydrogens (tertiary/aromatic N) is 4.